The van der Waals surface area contributed by atoms with E-state index in [2.05, 4.69) is 21.3 Å². The fourth-order valence-corrected chi connectivity index (χ4v) is 2.77. The van der Waals surface area contributed by atoms with Gasteiger partial charge in [0.25, 0.3) is 5.91 Å². The Morgan fingerprint density at radius 3 is 2.48 bits per heavy atom. The summed E-state index contributed by atoms with van der Waals surface area (Å²) in [5, 5.41) is 5.39. The molecule has 2 aromatic rings. The van der Waals surface area contributed by atoms with Crippen LogP contribution in [0.15, 0.2) is 30.3 Å². The summed E-state index contributed by atoms with van der Waals surface area (Å²) in [5.41, 5.74) is 4.73. The highest BCUT2D eigenvalue weighted by atomic mass is 16.5. The Hall–Kier alpha value is -2.76. The Balaban J connectivity index is 2.04. The standard InChI is InChI=1S/C19H25N3O3/c1-5-25-19(24)21-10-9-20-18(23)17-12-14(3)22(15(17)4)16-8-6-7-13(2)11-16/h6-8,11-12H,5,9-10H2,1-4H3,(H,20,23)(H,21,24). The van der Waals surface area contributed by atoms with Crippen molar-refractivity contribution in [1.29, 1.82) is 0 Å². The van der Waals surface area contributed by atoms with Crippen LogP contribution in [0.2, 0.25) is 0 Å². The van der Waals surface area contributed by atoms with Gasteiger partial charge in [0.15, 0.2) is 0 Å². The Kier molecular flexibility index (Phi) is 6.22. The van der Waals surface area contributed by atoms with Crippen molar-refractivity contribution in [3.63, 3.8) is 0 Å². The van der Waals surface area contributed by atoms with Crippen LogP contribution in [0.25, 0.3) is 5.69 Å². The first-order valence-electron chi connectivity index (χ1n) is 8.38. The monoisotopic (exact) mass is 343 g/mol. The highest BCUT2D eigenvalue weighted by Gasteiger charge is 2.16. The van der Waals surface area contributed by atoms with Crippen LogP contribution in [-0.2, 0) is 4.74 Å². The summed E-state index contributed by atoms with van der Waals surface area (Å²) in [6.07, 6.45) is -0.477. The maximum Gasteiger partial charge on any atom is 0.407 e. The Bertz CT molecular complexity index is 765. The second kappa shape index (κ2) is 8.37. The molecule has 0 atom stereocenters. The second-order valence-electron chi connectivity index (χ2n) is 5.86. The minimum Gasteiger partial charge on any atom is -0.450 e. The fraction of sp³-hybridized carbons (Fsp3) is 0.368. The van der Waals surface area contributed by atoms with Crippen molar-refractivity contribution in [3.05, 3.63) is 52.8 Å². The summed E-state index contributed by atoms with van der Waals surface area (Å²) < 4.78 is 6.83. The predicted molar refractivity (Wildman–Crippen MR) is 97.3 cm³/mol. The summed E-state index contributed by atoms with van der Waals surface area (Å²) in [6, 6.07) is 10.0. The molecule has 0 spiro atoms. The molecule has 0 aliphatic heterocycles. The predicted octanol–water partition coefficient (Wildman–Crippen LogP) is 2.88. The molecule has 2 rings (SSSR count). The molecule has 0 radical (unpaired) electrons. The lowest BCUT2D eigenvalue weighted by Crippen LogP contribution is -2.35. The third-order valence-electron chi connectivity index (χ3n) is 3.89. The van der Waals surface area contributed by atoms with Crippen molar-refractivity contribution >= 4 is 12.0 Å². The van der Waals surface area contributed by atoms with Gasteiger partial charge in [-0.2, -0.15) is 0 Å². The molecule has 0 aliphatic rings. The number of ether oxygens (including phenoxy) is 1. The van der Waals surface area contributed by atoms with Crippen molar-refractivity contribution in [1.82, 2.24) is 15.2 Å². The molecule has 2 N–H and O–H groups in total. The highest BCUT2D eigenvalue weighted by molar-refractivity contribution is 5.96. The Morgan fingerprint density at radius 2 is 1.80 bits per heavy atom. The van der Waals surface area contributed by atoms with Crippen LogP contribution in [0.5, 0.6) is 0 Å². The van der Waals surface area contributed by atoms with Gasteiger partial charge in [0.2, 0.25) is 0 Å². The van der Waals surface area contributed by atoms with Gasteiger partial charge in [0.1, 0.15) is 0 Å². The summed E-state index contributed by atoms with van der Waals surface area (Å²) in [6.45, 7) is 8.68. The lowest BCUT2D eigenvalue weighted by Gasteiger charge is -2.11. The molecular formula is C19H25N3O3. The van der Waals surface area contributed by atoms with E-state index in [4.69, 9.17) is 4.74 Å². The molecule has 6 nitrogen and oxygen atoms in total. The van der Waals surface area contributed by atoms with Gasteiger partial charge >= 0.3 is 6.09 Å². The summed E-state index contributed by atoms with van der Waals surface area (Å²) >= 11 is 0. The van der Waals surface area contributed by atoms with Crippen LogP contribution in [0.1, 0.15) is 34.2 Å². The van der Waals surface area contributed by atoms with Crippen molar-refractivity contribution in [2.45, 2.75) is 27.7 Å². The van der Waals surface area contributed by atoms with Gasteiger partial charge in [-0.15, -0.1) is 0 Å². The largest absolute Gasteiger partial charge is 0.450 e. The quantitative estimate of drug-likeness (QED) is 0.792. The molecule has 1 aromatic heterocycles. The molecule has 1 heterocycles. The van der Waals surface area contributed by atoms with Gasteiger partial charge in [-0.1, -0.05) is 12.1 Å². The van der Waals surface area contributed by atoms with Crippen molar-refractivity contribution in [2.75, 3.05) is 19.7 Å². The van der Waals surface area contributed by atoms with Crippen molar-refractivity contribution in [2.24, 2.45) is 0 Å². The maximum absolute atomic E-state index is 12.4. The molecule has 25 heavy (non-hydrogen) atoms. The van der Waals surface area contributed by atoms with Gasteiger partial charge in [0, 0.05) is 30.2 Å². The van der Waals surface area contributed by atoms with Crippen molar-refractivity contribution in [3.8, 4) is 5.69 Å². The highest BCUT2D eigenvalue weighted by Crippen LogP contribution is 2.21. The lowest BCUT2D eigenvalue weighted by molar-refractivity contribution is 0.0951. The Morgan fingerprint density at radius 1 is 1.08 bits per heavy atom. The zero-order valence-electron chi connectivity index (χ0n) is 15.2. The summed E-state index contributed by atoms with van der Waals surface area (Å²) in [5.74, 6) is -0.155. The number of amides is 2. The number of rotatable bonds is 6. The van der Waals surface area contributed by atoms with Crippen LogP contribution in [0.3, 0.4) is 0 Å². The number of nitrogens with one attached hydrogen (secondary N) is 2. The molecule has 0 bridgehead atoms. The smallest absolute Gasteiger partial charge is 0.407 e. The van der Waals surface area contributed by atoms with Crippen LogP contribution in [0, 0.1) is 20.8 Å². The number of carbonyl (C=O) groups excluding carboxylic acids is 2. The number of aromatic nitrogens is 1. The van der Waals surface area contributed by atoms with Gasteiger partial charge in [-0.05, 0) is 51.5 Å². The van der Waals surface area contributed by atoms with E-state index in [1.807, 2.05) is 45.0 Å². The fourth-order valence-electron chi connectivity index (χ4n) is 2.77. The lowest BCUT2D eigenvalue weighted by atomic mass is 10.2. The molecule has 2 amide bonds. The molecule has 0 unspecified atom stereocenters. The third kappa shape index (κ3) is 4.62. The molecule has 0 saturated heterocycles. The summed E-state index contributed by atoms with van der Waals surface area (Å²) in [7, 11) is 0. The number of alkyl carbamates (subject to hydrolysis) is 1. The van der Waals surface area contributed by atoms with Crippen LogP contribution >= 0.6 is 0 Å². The Labute approximate surface area is 148 Å². The number of nitrogens with zero attached hydrogens (tertiary/aromatic N) is 1. The number of aryl methyl sites for hydroxylation is 2. The molecule has 6 heteroatoms. The first-order chi connectivity index (χ1) is 11.9. The van der Waals surface area contributed by atoms with Crippen molar-refractivity contribution < 1.29 is 14.3 Å². The van der Waals surface area contributed by atoms with E-state index in [0.29, 0.717) is 25.3 Å². The van der Waals surface area contributed by atoms with E-state index in [-0.39, 0.29) is 5.91 Å². The molecule has 0 aliphatic carbocycles. The average Bonchev–Trinajstić information content (AvgIpc) is 2.86. The zero-order chi connectivity index (χ0) is 18.4. The number of hydrogen-bond acceptors (Lipinski definition) is 3. The van der Waals surface area contributed by atoms with Crippen LogP contribution in [0.4, 0.5) is 4.79 Å². The topological polar surface area (TPSA) is 72.4 Å². The van der Waals surface area contributed by atoms with E-state index in [1.54, 1.807) is 6.92 Å². The van der Waals surface area contributed by atoms with E-state index in [1.165, 1.54) is 5.56 Å². The first kappa shape index (κ1) is 18.6. The zero-order valence-corrected chi connectivity index (χ0v) is 15.2. The van der Waals surface area contributed by atoms with Crippen LogP contribution < -0.4 is 10.6 Å². The van der Waals surface area contributed by atoms with Gasteiger partial charge < -0.3 is 19.9 Å². The summed E-state index contributed by atoms with van der Waals surface area (Å²) in [4.78, 5) is 23.6. The molecule has 134 valence electrons. The van der Waals surface area contributed by atoms with E-state index >= 15 is 0 Å². The maximum atomic E-state index is 12.4. The normalized spacial score (nSPS) is 10.4. The first-order valence-corrected chi connectivity index (χ1v) is 8.38. The SMILES string of the molecule is CCOC(=O)NCCNC(=O)c1cc(C)n(-c2cccc(C)c2)c1C. The number of hydrogen-bond donors (Lipinski definition) is 2. The number of benzene rings is 1. The molecule has 0 fully saturated rings. The van der Waals surface area contributed by atoms with E-state index < -0.39 is 6.09 Å². The molecule has 0 saturated carbocycles. The van der Waals surface area contributed by atoms with E-state index in [9.17, 15) is 9.59 Å². The number of carbonyl (C=O) groups is 2. The van der Waals surface area contributed by atoms with Gasteiger partial charge in [0.05, 0.1) is 12.2 Å². The minimum atomic E-state index is -0.477. The third-order valence-corrected chi connectivity index (χ3v) is 3.89. The van der Waals surface area contributed by atoms with Gasteiger partial charge in [-0.3, -0.25) is 4.79 Å². The van der Waals surface area contributed by atoms with Crippen LogP contribution in [-0.4, -0.2) is 36.3 Å². The van der Waals surface area contributed by atoms with E-state index in [0.717, 1.165) is 17.1 Å². The average molecular weight is 343 g/mol. The molecule has 1 aromatic carbocycles. The molecular weight excluding hydrogens is 318 g/mol. The van der Waals surface area contributed by atoms with Gasteiger partial charge in [-0.25, -0.2) is 4.79 Å². The minimum absolute atomic E-state index is 0.155. The second-order valence-corrected chi connectivity index (χ2v) is 5.86.